The second-order valence-electron chi connectivity index (χ2n) is 8.77. The SMILES string of the molecule is CCCc1cc(=O)[nH]c(SCC(=O)NCC23CC4CC(CC(C4)C2)C3)n1. The first kappa shape index (κ1) is 18.1. The van der Waals surface area contributed by atoms with E-state index in [0.717, 1.165) is 42.8 Å². The van der Waals surface area contributed by atoms with Crippen LogP contribution in [0, 0.1) is 23.2 Å². The molecule has 0 unspecified atom stereocenters. The Morgan fingerprint density at radius 1 is 1.27 bits per heavy atom. The van der Waals surface area contributed by atoms with Crippen LogP contribution in [-0.2, 0) is 11.2 Å². The molecule has 0 spiro atoms. The molecule has 4 bridgehead atoms. The normalized spacial score (nSPS) is 32.0. The summed E-state index contributed by atoms with van der Waals surface area (Å²) in [7, 11) is 0. The van der Waals surface area contributed by atoms with E-state index in [0.29, 0.717) is 16.3 Å². The van der Waals surface area contributed by atoms with Gasteiger partial charge in [0.2, 0.25) is 5.91 Å². The minimum absolute atomic E-state index is 0.0503. The van der Waals surface area contributed by atoms with Crippen molar-refractivity contribution in [3.8, 4) is 0 Å². The summed E-state index contributed by atoms with van der Waals surface area (Å²) in [4.78, 5) is 31.2. The van der Waals surface area contributed by atoms with Gasteiger partial charge in [0.25, 0.3) is 5.56 Å². The molecular weight excluding hydrogens is 346 g/mol. The standard InChI is InChI=1S/C20H29N3O2S/c1-2-3-16-7-17(24)23-19(22-16)26-11-18(25)21-12-20-8-13-4-14(9-20)6-15(5-13)10-20/h7,13-15H,2-6,8-12H2,1H3,(H,21,25)(H,22,23,24). The molecule has 0 aliphatic heterocycles. The molecule has 4 aliphatic rings. The minimum atomic E-state index is -0.139. The van der Waals surface area contributed by atoms with Crippen molar-refractivity contribution in [2.24, 2.45) is 23.2 Å². The van der Waals surface area contributed by atoms with E-state index in [-0.39, 0.29) is 11.5 Å². The highest BCUT2D eigenvalue weighted by molar-refractivity contribution is 7.99. The van der Waals surface area contributed by atoms with Gasteiger partial charge in [0, 0.05) is 18.3 Å². The van der Waals surface area contributed by atoms with Crippen LogP contribution in [0.5, 0.6) is 0 Å². The highest BCUT2D eigenvalue weighted by Crippen LogP contribution is 2.59. The molecule has 1 aromatic rings. The van der Waals surface area contributed by atoms with E-state index in [1.807, 2.05) is 0 Å². The van der Waals surface area contributed by atoms with Crippen molar-refractivity contribution in [3.05, 3.63) is 22.1 Å². The van der Waals surface area contributed by atoms with Gasteiger partial charge in [-0.05, 0) is 68.1 Å². The van der Waals surface area contributed by atoms with E-state index >= 15 is 0 Å². The number of aromatic amines is 1. The lowest BCUT2D eigenvalue weighted by atomic mass is 9.49. The van der Waals surface area contributed by atoms with Crippen LogP contribution in [0.2, 0.25) is 0 Å². The second kappa shape index (κ2) is 7.37. The Labute approximate surface area is 159 Å². The molecule has 2 N–H and O–H groups in total. The Morgan fingerprint density at radius 2 is 1.92 bits per heavy atom. The van der Waals surface area contributed by atoms with Gasteiger partial charge in [0.1, 0.15) is 0 Å². The van der Waals surface area contributed by atoms with Gasteiger partial charge in [-0.15, -0.1) is 0 Å². The first-order valence-electron chi connectivity index (χ1n) is 10.0. The number of amides is 1. The molecular formula is C20H29N3O2S. The number of aryl methyl sites for hydroxylation is 1. The first-order valence-corrected chi connectivity index (χ1v) is 11.0. The fraction of sp³-hybridized carbons (Fsp3) is 0.750. The lowest BCUT2D eigenvalue weighted by Crippen LogP contribution is -2.51. The number of nitrogens with one attached hydrogen (secondary N) is 2. The Balaban J connectivity index is 1.29. The lowest BCUT2D eigenvalue weighted by molar-refractivity contribution is -0.120. The topological polar surface area (TPSA) is 74.8 Å². The van der Waals surface area contributed by atoms with Crippen molar-refractivity contribution in [3.63, 3.8) is 0 Å². The van der Waals surface area contributed by atoms with Crippen LogP contribution in [0.1, 0.15) is 57.6 Å². The zero-order valence-electron chi connectivity index (χ0n) is 15.6. The molecule has 26 heavy (non-hydrogen) atoms. The zero-order chi connectivity index (χ0) is 18.1. The highest BCUT2D eigenvalue weighted by atomic mass is 32.2. The molecule has 142 valence electrons. The molecule has 0 aromatic carbocycles. The summed E-state index contributed by atoms with van der Waals surface area (Å²) in [6.45, 7) is 2.89. The van der Waals surface area contributed by atoms with Gasteiger partial charge in [0.15, 0.2) is 5.16 Å². The molecule has 4 saturated carbocycles. The maximum Gasteiger partial charge on any atom is 0.251 e. The Hall–Kier alpha value is -1.30. The number of hydrogen-bond acceptors (Lipinski definition) is 4. The van der Waals surface area contributed by atoms with Gasteiger partial charge in [0.05, 0.1) is 5.75 Å². The molecule has 1 heterocycles. The highest BCUT2D eigenvalue weighted by Gasteiger charge is 2.50. The van der Waals surface area contributed by atoms with Gasteiger partial charge < -0.3 is 10.3 Å². The van der Waals surface area contributed by atoms with Gasteiger partial charge in [-0.3, -0.25) is 9.59 Å². The molecule has 0 atom stereocenters. The molecule has 4 fully saturated rings. The minimum Gasteiger partial charge on any atom is -0.355 e. The maximum atomic E-state index is 12.4. The molecule has 4 aliphatic carbocycles. The number of aromatic nitrogens is 2. The van der Waals surface area contributed by atoms with Gasteiger partial charge in [-0.2, -0.15) is 0 Å². The van der Waals surface area contributed by atoms with Crippen molar-refractivity contribution in [2.45, 2.75) is 63.4 Å². The number of rotatable bonds is 7. The smallest absolute Gasteiger partial charge is 0.251 e. The number of H-pyrrole nitrogens is 1. The van der Waals surface area contributed by atoms with Crippen LogP contribution >= 0.6 is 11.8 Å². The van der Waals surface area contributed by atoms with Crippen molar-refractivity contribution in [1.82, 2.24) is 15.3 Å². The van der Waals surface area contributed by atoms with Crippen LogP contribution in [0.15, 0.2) is 16.0 Å². The van der Waals surface area contributed by atoms with Crippen LogP contribution in [0.3, 0.4) is 0 Å². The summed E-state index contributed by atoms with van der Waals surface area (Å²) in [6.07, 6.45) is 9.94. The largest absolute Gasteiger partial charge is 0.355 e. The predicted octanol–water partition coefficient (Wildman–Crippen LogP) is 3.15. The summed E-state index contributed by atoms with van der Waals surface area (Å²) in [5.41, 5.74) is 1.02. The van der Waals surface area contributed by atoms with Crippen molar-refractivity contribution < 1.29 is 4.79 Å². The Kier molecular flexibility index (Phi) is 5.13. The zero-order valence-corrected chi connectivity index (χ0v) is 16.4. The third kappa shape index (κ3) is 4.00. The summed E-state index contributed by atoms with van der Waals surface area (Å²) >= 11 is 1.32. The molecule has 1 amide bonds. The summed E-state index contributed by atoms with van der Waals surface area (Å²) < 4.78 is 0. The molecule has 5 nitrogen and oxygen atoms in total. The summed E-state index contributed by atoms with van der Waals surface area (Å²) in [5, 5.41) is 3.73. The van der Waals surface area contributed by atoms with Crippen LogP contribution in [0.25, 0.3) is 0 Å². The van der Waals surface area contributed by atoms with E-state index in [4.69, 9.17) is 0 Å². The van der Waals surface area contributed by atoms with E-state index in [2.05, 4.69) is 22.2 Å². The van der Waals surface area contributed by atoms with Crippen LogP contribution < -0.4 is 10.9 Å². The molecule has 1 aromatic heterocycles. The number of thioether (sulfide) groups is 1. The van der Waals surface area contributed by atoms with E-state index < -0.39 is 0 Å². The lowest BCUT2D eigenvalue weighted by Gasteiger charge is -2.56. The van der Waals surface area contributed by atoms with E-state index in [1.54, 1.807) is 6.07 Å². The van der Waals surface area contributed by atoms with Gasteiger partial charge in [-0.1, -0.05) is 25.1 Å². The predicted molar refractivity (Wildman–Crippen MR) is 103 cm³/mol. The third-order valence-corrected chi connectivity index (χ3v) is 7.32. The monoisotopic (exact) mass is 375 g/mol. The van der Waals surface area contributed by atoms with Crippen LogP contribution in [0.4, 0.5) is 0 Å². The number of carbonyl (C=O) groups is 1. The average Bonchev–Trinajstić information content (AvgIpc) is 2.57. The van der Waals surface area contributed by atoms with Gasteiger partial charge in [-0.25, -0.2) is 4.98 Å². The van der Waals surface area contributed by atoms with Crippen LogP contribution in [-0.4, -0.2) is 28.2 Å². The van der Waals surface area contributed by atoms with Crippen molar-refractivity contribution in [1.29, 1.82) is 0 Å². The molecule has 0 radical (unpaired) electrons. The molecule has 0 saturated heterocycles. The average molecular weight is 376 g/mol. The van der Waals surface area contributed by atoms with Crippen molar-refractivity contribution >= 4 is 17.7 Å². The fourth-order valence-electron chi connectivity index (χ4n) is 5.91. The number of nitrogens with zero attached hydrogens (tertiary/aromatic N) is 1. The molecule has 6 heteroatoms. The Morgan fingerprint density at radius 3 is 2.54 bits per heavy atom. The first-order chi connectivity index (χ1) is 12.5. The van der Waals surface area contributed by atoms with Gasteiger partial charge >= 0.3 is 0 Å². The number of carbonyl (C=O) groups excluding carboxylic acids is 1. The summed E-state index contributed by atoms with van der Waals surface area (Å²) in [6, 6.07) is 1.54. The van der Waals surface area contributed by atoms with E-state index in [1.165, 1.54) is 50.3 Å². The van der Waals surface area contributed by atoms with Crippen molar-refractivity contribution in [2.75, 3.05) is 12.3 Å². The molecule has 5 rings (SSSR count). The second-order valence-corrected chi connectivity index (χ2v) is 9.74. The number of hydrogen-bond donors (Lipinski definition) is 2. The third-order valence-electron chi connectivity index (χ3n) is 6.44. The maximum absolute atomic E-state index is 12.4. The fourth-order valence-corrected chi connectivity index (χ4v) is 6.64. The van der Waals surface area contributed by atoms with E-state index in [9.17, 15) is 9.59 Å². The quantitative estimate of drug-likeness (QED) is 0.567. The summed E-state index contributed by atoms with van der Waals surface area (Å²) in [5.74, 6) is 3.08. The Bertz CT molecular complexity index is 695.